The van der Waals surface area contributed by atoms with Crippen LogP contribution >= 0.6 is 15.9 Å². The largest absolute Gasteiger partial charge is 0.453 e. The average molecular weight is 272 g/mol. The molecule has 0 fully saturated rings. The molecule has 0 aromatic carbocycles. The molecule has 0 bridgehead atoms. The van der Waals surface area contributed by atoms with Crippen molar-refractivity contribution < 1.29 is 4.42 Å². The Morgan fingerprint density at radius 3 is 2.80 bits per heavy atom. The lowest BCUT2D eigenvalue weighted by Crippen LogP contribution is -2.20. The van der Waals surface area contributed by atoms with Gasteiger partial charge in [0.2, 0.25) is 0 Å². The molecule has 0 saturated carbocycles. The van der Waals surface area contributed by atoms with E-state index in [1.807, 2.05) is 12.1 Å². The lowest BCUT2D eigenvalue weighted by atomic mass is 10.1. The Labute approximate surface area is 99.9 Å². The van der Waals surface area contributed by atoms with Crippen LogP contribution in [0.5, 0.6) is 0 Å². The molecule has 15 heavy (non-hydrogen) atoms. The van der Waals surface area contributed by atoms with Crippen molar-refractivity contribution in [2.24, 2.45) is 0 Å². The van der Waals surface area contributed by atoms with Crippen molar-refractivity contribution in [1.82, 2.24) is 5.32 Å². The molecule has 1 aromatic rings. The lowest BCUT2D eigenvalue weighted by molar-refractivity contribution is 0.392. The van der Waals surface area contributed by atoms with E-state index < -0.39 is 0 Å². The van der Waals surface area contributed by atoms with Crippen molar-refractivity contribution in [2.75, 3.05) is 6.54 Å². The zero-order valence-electron chi connectivity index (χ0n) is 9.35. The predicted molar refractivity (Wildman–Crippen MR) is 66.9 cm³/mol. The van der Waals surface area contributed by atoms with Crippen LogP contribution in [0.25, 0.3) is 0 Å². The molecule has 3 heteroatoms. The maximum Gasteiger partial charge on any atom is 0.169 e. The molecule has 0 saturated heterocycles. The van der Waals surface area contributed by atoms with E-state index in [0.717, 1.165) is 29.8 Å². The summed E-state index contributed by atoms with van der Waals surface area (Å²) in [4.78, 5) is 0. The number of furan rings is 1. The fourth-order valence-corrected chi connectivity index (χ4v) is 1.82. The summed E-state index contributed by atoms with van der Waals surface area (Å²) in [5.74, 6) is 0.991. The third kappa shape index (κ3) is 4.22. The Morgan fingerprint density at radius 1 is 1.60 bits per heavy atom. The Balaban J connectivity index is 2.60. The average Bonchev–Trinajstić information content (AvgIpc) is 2.59. The predicted octanol–water partition coefficient (Wildman–Crippen LogP) is 4.05. The van der Waals surface area contributed by atoms with Crippen molar-refractivity contribution in [1.29, 1.82) is 0 Å². The highest BCUT2D eigenvalue weighted by Crippen LogP contribution is 2.24. The summed E-state index contributed by atoms with van der Waals surface area (Å²) in [6, 6.07) is 4.23. The fraction of sp³-hybridized carbons (Fsp3) is 0.500. The smallest absolute Gasteiger partial charge is 0.169 e. The summed E-state index contributed by atoms with van der Waals surface area (Å²) in [7, 11) is 0. The van der Waals surface area contributed by atoms with Crippen molar-refractivity contribution >= 4 is 15.9 Å². The van der Waals surface area contributed by atoms with Crippen molar-refractivity contribution in [3.05, 3.63) is 34.7 Å². The first-order valence-corrected chi connectivity index (χ1v) is 6.05. The monoisotopic (exact) mass is 271 g/mol. The van der Waals surface area contributed by atoms with Crippen LogP contribution in [-0.4, -0.2) is 6.54 Å². The second-order valence-corrected chi connectivity index (χ2v) is 4.53. The molecule has 1 aromatic heterocycles. The zero-order chi connectivity index (χ0) is 11.3. The van der Waals surface area contributed by atoms with E-state index in [4.69, 9.17) is 4.42 Å². The van der Waals surface area contributed by atoms with E-state index in [2.05, 4.69) is 41.7 Å². The number of allylic oxidation sites excluding steroid dienone is 1. The first-order chi connectivity index (χ1) is 7.13. The van der Waals surface area contributed by atoms with Gasteiger partial charge in [0.15, 0.2) is 4.67 Å². The van der Waals surface area contributed by atoms with Gasteiger partial charge < -0.3 is 9.73 Å². The van der Waals surface area contributed by atoms with Gasteiger partial charge in [0.05, 0.1) is 6.04 Å². The second kappa shape index (κ2) is 6.13. The number of rotatable bonds is 6. The minimum absolute atomic E-state index is 0.290. The highest BCUT2D eigenvalue weighted by atomic mass is 79.9. The minimum atomic E-state index is 0.290. The molecule has 0 aliphatic carbocycles. The first kappa shape index (κ1) is 12.5. The van der Waals surface area contributed by atoms with Gasteiger partial charge in [0.25, 0.3) is 0 Å². The van der Waals surface area contributed by atoms with Crippen molar-refractivity contribution in [3.63, 3.8) is 0 Å². The molecule has 0 amide bonds. The molecule has 0 spiro atoms. The van der Waals surface area contributed by atoms with Gasteiger partial charge >= 0.3 is 0 Å². The zero-order valence-corrected chi connectivity index (χ0v) is 10.9. The van der Waals surface area contributed by atoms with E-state index in [1.165, 1.54) is 5.57 Å². The molecule has 1 atom stereocenters. The Kier molecular flexibility index (Phi) is 5.12. The van der Waals surface area contributed by atoms with Gasteiger partial charge in [0, 0.05) is 0 Å². The maximum absolute atomic E-state index is 5.55. The van der Waals surface area contributed by atoms with E-state index in [-0.39, 0.29) is 6.04 Å². The molecular formula is C12H18BrNO. The molecule has 1 N–H and O–H groups in total. The fourth-order valence-electron chi connectivity index (χ4n) is 1.50. The normalized spacial score (nSPS) is 12.7. The molecule has 1 heterocycles. The molecular weight excluding hydrogens is 254 g/mol. The van der Waals surface area contributed by atoms with Crippen molar-refractivity contribution in [2.45, 2.75) is 32.7 Å². The minimum Gasteiger partial charge on any atom is -0.453 e. The standard InChI is InChI=1S/C12H18BrNO/c1-4-14-10(6-5-9(2)3)11-7-8-12(13)15-11/h7-8,10,14H,2,4-6H2,1,3H3. The molecule has 1 rings (SSSR count). The molecule has 1 unspecified atom stereocenters. The van der Waals surface area contributed by atoms with Crippen LogP contribution < -0.4 is 5.32 Å². The summed E-state index contributed by atoms with van der Waals surface area (Å²) in [5.41, 5.74) is 1.21. The van der Waals surface area contributed by atoms with Gasteiger partial charge in [-0.1, -0.05) is 12.5 Å². The van der Waals surface area contributed by atoms with E-state index in [1.54, 1.807) is 0 Å². The summed E-state index contributed by atoms with van der Waals surface area (Å²) >= 11 is 3.32. The van der Waals surface area contributed by atoms with Gasteiger partial charge in [-0.2, -0.15) is 0 Å². The summed E-state index contributed by atoms with van der Waals surface area (Å²) in [6.45, 7) is 9.02. The third-order valence-electron chi connectivity index (χ3n) is 2.25. The number of hydrogen-bond acceptors (Lipinski definition) is 2. The third-order valence-corrected chi connectivity index (χ3v) is 2.67. The van der Waals surface area contributed by atoms with Gasteiger partial charge in [-0.3, -0.25) is 0 Å². The van der Waals surface area contributed by atoms with Crippen LogP contribution in [0.3, 0.4) is 0 Å². The SMILES string of the molecule is C=C(C)CCC(NCC)c1ccc(Br)o1. The molecule has 0 aliphatic rings. The van der Waals surface area contributed by atoms with E-state index in [0.29, 0.717) is 0 Å². The van der Waals surface area contributed by atoms with Crippen molar-refractivity contribution in [3.8, 4) is 0 Å². The van der Waals surface area contributed by atoms with Crippen LogP contribution in [0.1, 0.15) is 38.5 Å². The Hall–Kier alpha value is -0.540. The quantitative estimate of drug-likeness (QED) is 0.790. The van der Waals surface area contributed by atoms with Crippen LogP contribution in [0, 0.1) is 0 Å². The number of hydrogen-bond donors (Lipinski definition) is 1. The van der Waals surface area contributed by atoms with Gasteiger partial charge in [0.1, 0.15) is 5.76 Å². The number of nitrogens with one attached hydrogen (secondary N) is 1. The summed E-state index contributed by atoms with van der Waals surface area (Å²) < 4.78 is 6.34. The maximum atomic E-state index is 5.55. The van der Waals surface area contributed by atoms with Gasteiger partial charge in [-0.15, -0.1) is 6.58 Å². The summed E-state index contributed by atoms with van der Waals surface area (Å²) in [5, 5.41) is 3.41. The van der Waals surface area contributed by atoms with Crippen LogP contribution in [-0.2, 0) is 0 Å². The molecule has 84 valence electrons. The second-order valence-electron chi connectivity index (χ2n) is 3.75. The highest BCUT2D eigenvalue weighted by Gasteiger charge is 2.13. The topological polar surface area (TPSA) is 25.2 Å². The van der Waals surface area contributed by atoms with Crippen LogP contribution in [0.15, 0.2) is 33.4 Å². The van der Waals surface area contributed by atoms with E-state index >= 15 is 0 Å². The first-order valence-electron chi connectivity index (χ1n) is 5.26. The summed E-state index contributed by atoms with van der Waals surface area (Å²) in [6.07, 6.45) is 2.05. The molecule has 0 radical (unpaired) electrons. The van der Waals surface area contributed by atoms with E-state index in [9.17, 15) is 0 Å². The Morgan fingerprint density at radius 2 is 2.33 bits per heavy atom. The molecule has 0 aliphatic heterocycles. The molecule has 2 nitrogen and oxygen atoms in total. The van der Waals surface area contributed by atoms with Crippen LogP contribution in [0.2, 0.25) is 0 Å². The van der Waals surface area contributed by atoms with Gasteiger partial charge in [-0.05, 0) is 54.4 Å². The van der Waals surface area contributed by atoms with Gasteiger partial charge in [-0.25, -0.2) is 0 Å². The Bertz CT molecular complexity index is 319. The lowest BCUT2D eigenvalue weighted by Gasteiger charge is -2.15. The number of halogens is 1. The van der Waals surface area contributed by atoms with Crippen LogP contribution in [0.4, 0.5) is 0 Å². The highest BCUT2D eigenvalue weighted by molar-refractivity contribution is 9.10.